The minimum absolute atomic E-state index is 0. The maximum absolute atomic E-state index is 5.65. The van der Waals surface area contributed by atoms with E-state index < -0.39 is 0 Å². The minimum atomic E-state index is 0. The fraction of sp³-hybridized carbons (Fsp3) is 0.737. The molecule has 1 fully saturated rings. The van der Waals surface area contributed by atoms with Crippen LogP contribution >= 0.6 is 35.3 Å². The van der Waals surface area contributed by atoms with E-state index in [1.807, 2.05) is 7.05 Å². The Morgan fingerprint density at radius 1 is 1.35 bits per heavy atom. The summed E-state index contributed by atoms with van der Waals surface area (Å²) in [5.41, 5.74) is 1.39. The number of halogens is 1. The topological polar surface area (TPSA) is 48.9 Å². The van der Waals surface area contributed by atoms with E-state index in [1.165, 1.54) is 5.56 Å². The van der Waals surface area contributed by atoms with E-state index in [4.69, 9.17) is 4.74 Å². The molecule has 1 saturated heterocycles. The van der Waals surface area contributed by atoms with Crippen molar-refractivity contribution in [2.24, 2.45) is 4.99 Å². The third-order valence-electron chi connectivity index (χ3n) is 4.70. The monoisotopic (exact) mass is 494 g/mol. The molecule has 0 radical (unpaired) electrons. The Labute approximate surface area is 180 Å². The first-order valence-electron chi connectivity index (χ1n) is 9.41. The van der Waals surface area contributed by atoms with E-state index in [1.54, 1.807) is 11.3 Å². The number of nitrogens with one attached hydrogen (secondary N) is 2. The second-order valence-corrected chi connectivity index (χ2v) is 7.87. The Morgan fingerprint density at radius 2 is 2.08 bits per heavy atom. The van der Waals surface area contributed by atoms with Crippen LogP contribution in [0.3, 0.4) is 0 Å². The van der Waals surface area contributed by atoms with Crippen molar-refractivity contribution in [3.8, 4) is 0 Å². The van der Waals surface area contributed by atoms with Gasteiger partial charge in [0.2, 0.25) is 0 Å². The molecular weight excluding hydrogens is 459 g/mol. The van der Waals surface area contributed by atoms with E-state index in [2.05, 4.69) is 58.1 Å². The van der Waals surface area contributed by atoms with E-state index in [0.717, 1.165) is 51.6 Å². The zero-order valence-corrected chi connectivity index (χ0v) is 19.7. The lowest BCUT2D eigenvalue weighted by Gasteiger charge is -2.33. The van der Waals surface area contributed by atoms with Crippen LogP contribution in [0.25, 0.3) is 0 Å². The summed E-state index contributed by atoms with van der Waals surface area (Å²) in [6.45, 7) is 11.5. The average molecular weight is 494 g/mol. The Kier molecular flexibility index (Phi) is 11.7. The molecule has 5 nitrogen and oxygen atoms in total. The number of guanidine groups is 1. The molecule has 0 saturated carbocycles. The van der Waals surface area contributed by atoms with Crippen LogP contribution in [-0.2, 0) is 4.74 Å². The predicted molar refractivity (Wildman–Crippen MR) is 123 cm³/mol. The number of hydrogen-bond donors (Lipinski definition) is 2. The van der Waals surface area contributed by atoms with Crippen LogP contribution in [0.2, 0.25) is 0 Å². The van der Waals surface area contributed by atoms with Gasteiger partial charge in [-0.15, -0.1) is 24.0 Å². The lowest BCUT2D eigenvalue weighted by molar-refractivity contribution is 0.0532. The van der Waals surface area contributed by atoms with Gasteiger partial charge in [0, 0.05) is 39.3 Å². The van der Waals surface area contributed by atoms with E-state index in [9.17, 15) is 0 Å². The molecular formula is C19H35IN4OS. The SMILES string of the molecule is CN=C(NCC(C)c1ccsc1)NC1CCN(CCOC(C)C)CC1.I. The molecule has 1 aromatic heterocycles. The van der Waals surface area contributed by atoms with E-state index in [0.29, 0.717) is 18.1 Å². The van der Waals surface area contributed by atoms with Gasteiger partial charge in [-0.1, -0.05) is 6.92 Å². The summed E-state index contributed by atoms with van der Waals surface area (Å²) < 4.78 is 5.65. The second-order valence-electron chi connectivity index (χ2n) is 7.09. The zero-order valence-electron chi connectivity index (χ0n) is 16.5. The molecule has 0 aliphatic carbocycles. The molecule has 1 aliphatic rings. The summed E-state index contributed by atoms with van der Waals surface area (Å²) in [6.07, 6.45) is 2.63. The number of piperidine rings is 1. The molecule has 2 heterocycles. The number of rotatable bonds is 8. The van der Waals surface area contributed by atoms with Crippen molar-refractivity contribution in [1.82, 2.24) is 15.5 Å². The molecule has 26 heavy (non-hydrogen) atoms. The van der Waals surface area contributed by atoms with Gasteiger partial charge >= 0.3 is 0 Å². The number of thiophene rings is 1. The van der Waals surface area contributed by atoms with Gasteiger partial charge in [0.25, 0.3) is 0 Å². The van der Waals surface area contributed by atoms with Gasteiger partial charge in [-0.3, -0.25) is 4.99 Å². The number of hydrogen-bond acceptors (Lipinski definition) is 4. The van der Waals surface area contributed by atoms with Crippen LogP contribution in [0.15, 0.2) is 21.8 Å². The first-order valence-corrected chi connectivity index (χ1v) is 10.4. The minimum Gasteiger partial charge on any atom is -0.377 e. The van der Waals surface area contributed by atoms with E-state index in [-0.39, 0.29) is 24.0 Å². The largest absolute Gasteiger partial charge is 0.377 e. The normalized spacial score (nSPS) is 17.8. The van der Waals surface area contributed by atoms with Gasteiger partial charge in [-0.2, -0.15) is 11.3 Å². The molecule has 0 bridgehead atoms. The van der Waals surface area contributed by atoms with Crippen LogP contribution < -0.4 is 10.6 Å². The highest BCUT2D eigenvalue weighted by Gasteiger charge is 2.20. The lowest BCUT2D eigenvalue weighted by Crippen LogP contribution is -2.49. The molecule has 2 rings (SSSR count). The van der Waals surface area contributed by atoms with Crippen molar-refractivity contribution < 1.29 is 4.74 Å². The fourth-order valence-corrected chi connectivity index (χ4v) is 3.81. The Bertz CT molecular complexity index is 502. The number of likely N-dealkylation sites (tertiary alicyclic amines) is 1. The third kappa shape index (κ3) is 8.54. The molecule has 2 N–H and O–H groups in total. The molecule has 7 heteroatoms. The molecule has 1 atom stereocenters. The second kappa shape index (κ2) is 12.9. The van der Waals surface area contributed by atoms with Crippen LogP contribution in [0.1, 0.15) is 45.1 Å². The zero-order chi connectivity index (χ0) is 18.1. The third-order valence-corrected chi connectivity index (χ3v) is 5.40. The number of aliphatic imine (C=N–C) groups is 1. The van der Waals surface area contributed by atoms with Crippen molar-refractivity contribution >= 4 is 41.3 Å². The van der Waals surface area contributed by atoms with Crippen LogP contribution in [0.5, 0.6) is 0 Å². The summed E-state index contributed by atoms with van der Waals surface area (Å²) in [4.78, 5) is 6.88. The van der Waals surface area contributed by atoms with Crippen molar-refractivity contribution in [2.45, 2.75) is 51.7 Å². The van der Waals surface area contributed by atoms with Gasteiger partial charge < -0.3 is 20.3 Å². The molecule has 0 amide bonds. The number of ether oxygens (including phenoxy) is 1. The van der Waals surface area contributed by atoms with E-state index >= 15 is 0 Å². The summed E-state index contributed by atoms with van der Waals surface area (Å²) in [5, 5.41) is 11.4. The maximum Gasteiger partial charge on any atom is 0.191 e. The van der Waals surface area contributed by atoms with Crippen LogP contribution in [-0.4, -0.2) is 62.8 Å². The van der Waals surface area contributed by atoms with Crippen LogP contribution in [0, 0.1) is 0 Å². The first kappa shape index (κ1) is 23.7. The van der Waals surface area contributed by atoms with Crippen molar-refractivity contribution in [1.29, 1.82) is 0 Å². The Morgan fingerprint density at radius 3 is 2.65 bits per heavy atom. The summed E-state index contributed by atoms with van der Waals surface area (Å²) in [7, 11) is 1.85. The van der Waals surface area contributed by atoms with Gasteiger partial charge in [-0.05, 0) is 55.0 Å². The van der Waals surface area contributed by atoms with Crippen molar-refractivity contribution in [3.63, 3.8) is 0 Å². The van der Waals surface area contributed by atoms with Gasteiger partial charge in [0.05, 0.1) is 12.7 Å². The molecule has 150 valence electrons. The lowest BCUT2D eigenvalue weighted by atomic mass is 10.0. The van der Waals surface area contributed by atoms with Gasteiger partial charge in [0.15, 0.2) is 5.96 Å². The summed E-state index contributed by atoms with van der Waals surface area (Å²) >= 11 is 1.76. The van der Waals surface area contributed by atoms with Crippen LogP contribution in [0.4, 0.5) is 0 Å². The molecule has 0 spiro atoms. The Hall–Kier alpha value is -0.380. The Balaban J connectivity index is 0.00000338. The average Bonchev–Trinajstić information content (AvgIpc) is 3.14. The van der Waals surface area contributed by atoms with Crippen molar-refractivity contribution in [2.75, 3.05) is 39.8 Å². The van der Waals surface area contributed by atoms with Gasteiger partial charge in [0.1, 0.15) is 0 Å². The molecule has 1 aliphatic heterocycles. The smallest absolute Gasteiger partial charge is 0.191 e. The quantitative estimate of drug-likeness (QED) is 0.330. The predicted octanol–water partition coefficient (Wildman–Crippen LogP) is 3.52. The number of nitrogens with zero attached hydrogens (tertiary/aromatic N) is 2. The highest BCUT2D eigenvalue weighted by Crippen LogP contribution is 2.17. The first-order chi connectivity index (χ1) is 12.1. The molecule has 1 aromatic rings. The van der Waals surface area contributed by atoms with Gasteiger partial charge in [-0.25, -0.2) is 0 Å². The standard InChI is InChI=1S/C19H34N4OS.HI/c1-15(2)24-11-10-23-8-5-18(6-9-23)22-19(20-4)21-13-16(3)17-7-12-25-14-17;/h7,12,14-16,18H,5-6,8-11,13H2,1-4H3,(H2,20,21,22);1H. The maximum atomic E-state index is 5.65. The van der Waals surface area contributed by atoms with Crippen molar-refractivity contribution in [3.05, 3.63) is 22.4 Å². The summed E-state index contributed by atoms with van der Waals surface area (Å²) in [5.74, 6) is 1.41. The highest BCUT2D eigenvalue weighted by molar-refractivity contribution is 14.0. The fourth-order valence-electron chi connectivity index (χ4n) is 3.03. The highest BCUT2D eigenvalue weighted by atomic mass is 127. The molecule has 1 unspecified atom stereocenters. The summed E-state index contributed by atoms with van der Waals surface area (Å²) in [6, 6.07) is 2.70. The molecule has 0 aromatic carbocycles.